The summed E-state index contributed by atoms with van der Waals surface area (Å²) < 4.78 is 88.3. The molecule has 7 aliphatic rings. The topological polar surface area (TPSA) is 384 Å². The van der Waals surface area contributed by atoms with Gasteiger partial charge in [-0.3, -0.25) is 57.4 Å². The van der Waals surface area contributed by atoms with Crippen molar-refractivity contribution in [1.29, 1.82) is 0 Å². The minimum absolute atomic E-state index is 0.00438. The summed E-state index contributed by atoms with van der Waals surface area (Å²) in [5.41, 5.74) is -4.08. The van der Waals surface area contributed by atoms with E-state index in [0.717, 1.165) is 7.11 Å². The first kappa shape index (κ1) is 65.7. The van der Waals surface area contributed by atoms with E-state index in [0.29, 0.717) is 11.4 Å². The first-order valence-electron chi connectivity index (χ1n) is 26.1. The number of aliphatic hydroxyl groups is 3. The number of aromatic amines is 4. The molecule has 0 bridgehead atoms. The summed E-state index contributed by atoms with van der Waals surface area (Å²) in [6.45, 7) is 7.77. The molecule has 0 aliphatic carbocycles. The molecule has 36 heteroatoms. The Morgan fingerprint density at radius 3 is 1.47 bits per heavy atom. The SMILES string of the molecule is COC(=O)C(=O)O[C@]1(C)C2OCOCOC[C@H]2O[C@H]1n1ccc(=O)[nH]c1=S.C[C@@]1(O)C2OCOCOC[C@H]2O[C@H]1n1ccc(=O)[nH]c1=S.C[C@H]1C(O)[C@@H](CO)O[C@H]1n1ccc(=O)[nH]c1=S.C[C@H]1C2OCOCOC[C@H]2O[C@H]1n1ccc(=O)[nH]c1=S. The summed E-state index contributed by atoms with van der Waals surface area (Å²) in [6.07, 6.45) is -0.790. The number of carbonyl (C=O) groups is 2. The number of H-pyrrole nitrogens is 4. The summed E-state index contributed by atoms with van der Waals surface area (Å²) in [7, 11) is 1.06. The number of methoxy groups -OCH3 is 1. The van der Waals surface area contributed by atoms with Gasteiger partial charge in [-0.25, -0.2) is 9.59 Å². The average molecular weight is 1280 g/mol. The molecule has 32 nitrogen and oxygen atoms in total. The van der Waals surface area contributed by atoms with E-state index in [1.54, 1.807) is 29.2 Å². The van der Waals surface area contributed by atoms with Crippen molar-refractivity contribution < 1.29 is 96.0 Å². The zero-order valence-electron chi connectivity index (χ0n) is 46.1. The number of ether oxygens (including phenoxy) is 15. The van der Waals surface area contributed by atoms with E-state index in [-0.39, 0.29) is 122 Å². The molecule has 7 fully saturated rings. The molecule has 7 N–H and O–H groups in total. The number of nitrogens with zero attached hydrogens (tertiary/aromatic N) is 4. The molecule has 4 unspecified atom stereocenters. The Kier molecular flexibility index (Phi) is 22.5. The van der Waals surface area contributed by atoms with Crippen molar-refractivity contribution in [2.24, 2.45) is 11.8 Å². The van der Waals surface area contributed by atoms with Gasteiger partial charge in [-0.1, -0.05) is 13.8 Å². The van der Waals surface area contributed by atoms with E-state index in [4.69, 9.17) is 120 Å². The molecule has 11 heterocycles. The van der Waals surface area contributed by atoms with Crippen LogP contribution in [0, 0.1) is 30.9 Å². The number of rotatable bonds is 6. The number of aromatic nitrogens is 8. The van der Waals surface area contributed by atoms with Crippen LogP contribution in [0.3, 0.4) is 0 Å². The quantitative estimate of drug-likeness (QED) is 0.0765. The van der Waals surface area contributed by atoms with E-state index >= 15 is 0 Å². The third-order valence-corrected chi connectivity index (χ3v) is 15.7. The Labute approximate surface area is 501 Å². The van der Waals surface area contributed by atoms with E-state index in [1.807, 2.05) is 6.92 Å². The lowest BCUT2D eigenvalue weighted by Gasteiger charge is -2.35. The highest BCUT2D eigenvalue weighted by molar-refractivity contribution is 7.71. The highest BCUT2D eigenvalue weighted by Gasteiger charge is 2.60. The van der Waals surface area contributed by atoms with Gasteiger partial charge in [0.2, 0.25) is 0 Å². The van der Waals surface area contributed by atoms with E-state index in [2.05, 4.69) is 24.7 Å². The number of hydrogen-bond acceptors (Lipinski definition) is 28. The average Bonchev–Trinajstić information content (AvgIpc) is 2.26. The van der Waals surface area contributed by atoms with Gasteiger partial charge < -0.3 is 86.4 Å². The Bertz CT molecular complexity index is 3440. The highest BCUT2D eigenvalue weighted by Crippen LogP contribution is 2.44. The predicted octanol–water partition coefficient (Wildman–Crippen LogP) is 0.105. The number of aliphatic hydroxyl groups excluding tert-OH is 2. The second kappa shape index (κ2) is 29.1. The molecule has 7 saturated heterocycles. The second-order valence-electron chi connectivity index (χ2n) is 20.2. The summed E-state index contributed by atoms with van der Waals surface area (Å²) in [6, 6.07) is 5.32. The van der Waals surface area contributed by atoms with Crippen molar-refractivity contribution in [3.63, 3.8) is 0 Å². The molecule has 4 aromatic rings. The number of carbonyl (C=O) groups excluding carboxylic acids is 2. The molecule has 11 rings (SSSR count). The molecule has 16 atom stereocenters. The maximum absolute atomic E-state index is 12.1. The lowest BCUT2D eigenvalue weighted by atomic mass is 9.95. The molecule has 468 valence electrons. The first-order chi connectivity index (χ1) is 40.6. The molecule has 0 spiro atoms. The molecule has 0 radical (unpaired) electrons. The number of esters is 2. The van der Waals surface area contributed by atoms with Crippen molar-refractivity contribution >= 4 is 60.8 Å². The molecule has 85 heavy (non-hydrogen) atoms. The summed E-state index contributed by atoms with van der Waals surface area (Å²) in [5, 5.41) is 29.7. The Morgan fingerprint density at radius 2 is 1.00 bits per heavy atom. The number of fused-ring (bicyclic) bond motifs is 3. The Balaban J connectivity index is 0.000000150. The van der Waals surface area contributed by atoms with Crippen LogP contribution in [0.2, 0.25) is 0 Å². The van der Waals surface area contributed by atoms with Gasteiger partial charge in [-0.15, -0.1) is 0 Å². The first-order valence-corrected chi connectivity index (χ1v) is 27.7. The van der Waals surface area contributed by atoms with Crippen LogP contribution in [0.1, 0.15) is 52.6 Å². The van der Waals surface area contributed by atoms with Crippen LogP contribution in [0.4, 0.5) is 0 Å². The minimum Gasteiger partial charge on any atom is -0.461 e. The lowest BCUT2D eigenvalue weighted by Crippen LogP contribution is -2.51. The maximum atomic E-state index is 12.1. The maximum Gasteiger partial charge on any atom is 0.418 e. The van der Waals surface area contributed by atoms with Gasteiger partial charge in [-0.2, -0.15) is 0 Å². The van der Waals surface area contributed by atoms with E-state index in [1.165, 1.54) is 58.9 Å². The van der Waals surface area contributed by atoms with Crippen LogP contribution in [0.5, 0.6) is 0 Å². The predicted molar refractivity (Wildman–Crippen MR) is 293 cm³/mol. The van der Waals surface area contributed by atoms with Gasteiger partial charge >= 0.3 is 11.9 Å². The fourth-order valence-electron chi connectivity index (χ4n) is 10.3. The largest absolute Gasteiger partial charge is 0.461 e. The highest BCUT2D eigenvalue weighted by atomic mass is 32.1. The summed E-state index contributed by atoms with van der Waals surface area (Å²) in [4.78, 5) is 78.8. The molecular weight excluding hydrogens is 1210 g/mol. The fraction of sp³-hybridized carbons (Fsp3) is 0.633. The summed E-state index contributed by atoms with van der Waals surface area (Å²) in [5.74, 6) is -2.56. The van der Waals surface area contributed by atoms with Crippen molar-refractivity contribution in [2.75, 3.05) is 74.3 Å². The third kappa shape index (κ3) is 15.2. The van der Waals surface area contributed by atoms with Crippen LogP contribution in [-0.2, 0) is 80.6 Å². The van der Waals surface area contributed by atoms with E-state index in [9.17, 15) is 39.0 Å². The summed E-state index contributed by atoms with van der Waals surface area (Å²) >= 11 is 20.5. The Hall–Kier alpha value is -5.30. The third-order valence-electron chi connectivity index (χ3n) is 14.4. The normalized spacial score (nSPS) is 33.5. The van der Waals surface area contributed by atoms with E-state index < -0.39 is 84.0 Å². The van der Waals surface area contributed by atoms with Crippen LogP contribution >= 0.6 is 48.9 Å². The molecule has 0 aromatic carbocycles. The van der Waals surface area contributed by atoms with Crippen molar-refractivity contribution in [3.05, 3.63) is 110 Å². The standard InChI is InChI=1S/C15H18N2O9S.C12H16N2O6S.C12H16N2O5S.C10H14N2O4S/c1-15(26-12(20)11(19)21-2)10-8(5-22-6-23-7-24-10)25-13(15)17-4-3-9(18)16-14(17)27;1-12(16)9-7(4-17-5-18-6-19-9)20-10(12)14-3-2-8(15)13-11(14)21;1-7-10-8(4-16-5-17-6-18-10)19-11(7)14-3-2-9(15)13-12(14)20;1-5-8(15)6(4-13)16-9(5)12-3-2-7(14)11-10(12)17/h3-4,8,10,13H,5-7H2,1-2H3,(H,16,18,27);2-3,7,9-10,16H,4-6H2,1H3,(H,13,15,21);2-3,7-8,10-11H,4-6H2,1H3,(H,13,15,20);2-3,5-6,8-9,13,15H,4H2,1H3,(H,11,14,17)/t8-,10?,13-,15-;7-,9?,10-,12-;7-,8+,10?,11+;5-,6+,8?,9+/m1100/s1. The van der Waals surface area contributed by atoms with Crippen LogP contribution in [0.25, 0.3) is 0 Å². The van der Waals surface area contributed by atoms with Gasteiger partial charge in [-0.05, 0) is 62.7 Å². The molecular formula is C49H64N8O24S4. The molecule has 0 saturated carbocycles. The van der Waals surface area contributed by atoms with Gasteiger partial charge in [0.15, 0.2) is 37.1 Å². The van der Waals surface area contributed by atoms with Crippen LogP contribution < -0.4 is 22.2 Å². The van der Waals surface area contributed by atoms with Crippen molar-refractivity contribution in [3.8, 4) is 0 Å². The second-order valence-corrected chi connectivity index (χ2v) is 21.7. The van der Waals surface area contributed by atoms with Gasteiger partial charge in [0.1, 0.15) is 95.4 Å². The van der Waals surface area contributed by atoms with Crippen LogP contribution in [-0.4, -0.2) is 200 Å². The van der Waals surface area contributed by atoms with Gasteiger partial charge in [0, 0.05) is 60.9 Å². The molecule has 0 amide bonds. The monoisotopic (exact) mass is 1280 g/mol. The molecule has 7 aliphatic heterocycles. The number of nitrogens with one attached hydrogen (secondary N) is 4. The van der Waals surface area contributed by atoms with Crippen LogP contribution in [0.15, 0.2) is 68.2 Å². The zero-order chi connectivity index (χ0) is 61.3. The van der Waals surface area contributed by atoms with Gasteiger partial charge in [0.25, 0.3) is 22.2 Å². The minimum atomic E-state index is -1.50. The lowest BCUT2D eigenvalue weighted by molar-refractivity contribution is -0.222. The molecule has 4 aromatic heterocycles. The Morgan fingerprint density at radius 1 is 0.576 bits per heavy atom. The number of hydrogen-bond donors (Lipinski definition) is 7. The zero-order valence-corrected chi connectivity index (χ0v) is 49.4. The fourth-order valence-corrected chi connectivity index (χ4v) is 11.3. The van der Waals surface area contributed by atoms with Crippen molar-refractivity contribution in [1.82, 2.24) is 38.2 Å². The van der Waals surface area contributed by atoms with Crippen molar-refractivity contribution in [2.45, 2.75) is 113 Å². The van der Waals surface area contributed by atoms with Gasteiger partial charge in [0.05, 0.1) is 45.7 Å². The smallest absolute Gasteiger partial charge is 0.418 e.